The summed E-state index contributed by atoms with van der Waals surface area (Å²) in [5, 5.41) is 0. The van der Waals surface area contributed by atoms with Crippen LogP contribution in [0, 0.1) is 11.3 Å². The lowest BCUT2D eigenvalue weighted by Crippen LogP contribution is -2.44. The van der Waals surface area contributed by atoms with Crippen molar-refractivity contribution in [1.82, 2.24) is 19.3 Å². The van der Waals surface area contributed by atoms with Crippen molar-refractivity contribution in [2.24, 2.45) is 11.3 Å². The highest BCUT2D eigenvalue weighted by Crippen LogP contribution is 2.43. The lowest BCUT2D eigenvalue weighted by Gasteiger charge is -2.32. The van der Waals surface area contributed by atoms with Gasteiger partial charge in [-0.05, 0) is 26.2 Å². The van der Waals surface area contributed by atoms with E-state index >= 15 is 0 Å². The minimum absolute atomic E-state index is 0.0145. The van der Waals surface area contributed by atoms with Crippen LogP contribution in [0.5, 0.6) is 0 Å². The lowest BCUT2D eigenvalue weighted by atomic mass is 9.80. The Kier molecular flexibility index (Phi) is 5.42. The molecule has 4 rings (SSSR count). The molecule has 0 spiro atoms. The first-order chi connectivity index (χ1) is 14.3. The summed E-state index contributed by atoms with van der Waals surface area (Å²) in [4.78, 5) is 43.5. The van der Waals surface area contributed by atoms with Crippen LogP contribution >= 0.6 is 0 Å². The van der Waals surface area contributed by atoms with Crippen molar-refractivity contribution in [2.75, 3.05) is 60.5 Å². The summed E-state index contributed by atoms with van der Waals surface area (Å²) in [6.45, 7) is 3.18. The van der Waals surface area contributed by atoms with Crippen molar-refractivity contribution >= 4 is 22.9 Å². The Hall–Kier alpha value is -2.65. The van der Waals surface area contributed by atoms with Gasteiger partial charge < -0.3 is 23.9 Å². The van der Waals surface area contributed by atoms with Crippen molar-refractivity contribution in [2.45, 2.75) is 6.54 Å². The topological polar surface area (TPSA) is 88.2 Å². The van der Waals surface area contributed by atoms with E-state index in [9.17, 15) is 14.4 Å². The number of likely N-dealkylation sites (tertiary alicyclic amines) is 2. The average Bonchev–Trinajstić information content (AvgIpc) is 3.30. The average molecular weight is 416 g/mol. The van der Waals surface area contributed by atoms with Crippen LogP contribution in [0.15, 0.2) is 33.5 Å². The van der Waals surface area contributed by atoms with Crippen LogP contribution in [0.4, 0.5) is 0 Å². The van der Waals surface area contributed by atoms with Gasteiger partial charge in [-0.25, -0.2) is 4.79 Å². The van der Waals surface area contributed by atoms with Gasteiger partial charge in [0, 0.05) is 51.2 Å². The highest BCUT2D eigenvalue weighted by molar-refractivity contribution is 5.80. The largest absolute Gasteiger partial charge is 0.420 e. The van der Waals surface area contributed by atoms with Crippen LogP contribution in [0.2, 0.25) is 0 Å². The fraction of sp³-hybridized carbons (Fsp3) is 0.571. The Morgan fingerprint density at radius 1 is 1.17 bits per heavy atom. The molecule has 0 bridgehead atoms. The molecule has 0 saturated carbocycles. The molecule has 3 heterocycles. The predicted molar refractivity (Wildman–Crippen MR) is 110 cm³/mol. The van der Waals surface area contributed by atoms with Crippen LogP contribution in [-0.4, -0.2) is 91.6 Å². The Morgan fingerprint density at radius 3 is 2.50 bits per heavy atom. The van der Waals surface area contributed by atoms with Crippen molar-refractivity contribution < 1.29 is 18.7 Å². The van der Waals surface area contributed by atoms with E-state index in [0.717, 1.165) is 6.54 Å². The van der Waals surface area contributed by atoms with E-state index in [1.165, 1.54) is 11.7 Å². The number of carbonyl (C=O) groups excluding carboxylic acids is 2. The fourth-order valence-electron chi connectivity index (χ4n) is 5.03. The molecular formula is C21H28N4O5. The van der Waals surface area contributed by atoms with Gasteiger partial charge in [-0.15, -0.1) is 0 Å². The van der Waals surface area contributed by atoms with Gasteiger partial charge in [0.05, 0.1) is 5.52 Å². The van der Waals surface area contributed by atoms with Crippen LogP contribution in [0.3, 0.4) is 0 Å². The predicted octanol–water partition coefficient (Wildman–Crippen LogP) is 0.0895. The number of aromatic nitrogens is 1. The SMILES string of the molecule is COCC(=O)N1C[C@@H]2CN(C(=O)Cn3c(=O)oc4ccccc43)C[C@]2(CN(C)C)C1. The number of para-hydroxylation sites is 2. The molecule has 2 amide bonds. The second kappa shape index (κ2) is 7.88. The number of oxazole rings is 1. The van der Waals surface area contributed by atoms with Gasteiger partial charge in [-0.2, -0.15) is 0 Å². The molecule has 2 aromatic rings. The number of carbonyl (C=O) groups is 2. The molecule has 9 heteroatoms. The van der Waals surface area contributed by atoms with Gasteiger partial charge in [-0.3, -0.25) is 14.2 Å². The van der Waals surface area contributed by atoms with Gasteiger partial charge >= 0.3 is 5.76 Å². The number of ether oxygens (including phenoxy) is 1. The first kappa shape index (κ1) is 20.6. The molecule has 2 fully saturated rings. The monoisotopic (exact) mass is 416 g/mol. The standard InChI is InChI=1S/C21H28N4O5/c1-22(2)12-21-13-23(8-15(21)9-24(14-21)19(27)11-29-3)18(26)10-25-16-6-4-5-7-17(16)30-20(25)28/h4-7,15H,8-14H2,1-3H3/t15-,21+/m0/s1. The van der Waals surface area contributed by atoms with E-state index in [-0.39, 0.29) is 36.3 Å². The molecule has 2 aliphatic rings. The summed E-state index contributed by atoms with van der Waals surface area (Å²) >= 11 is 0. The molecule has 0 N–H and O–H groups in total. The molecule has 0 unspecified atom stereocenters. The molecule has 0 radical (unpaired) electrons. The summed E-state index contributed by atoms with van der Waals surface area (Å²) in [7, 11) is 5.53. The Balaban J connectivity index is 1.52. The van der Waals surface area contributed by atoms with E-state index in [4.69, 9.17) is 9.15 Å². The molecule has 2 aliphatic heterocycles. The van der Waals surface area contributed by atoms with Gasteiger partial charge in [0.1, 0.15) is 13.2 Å². The Morgan fingerprint density at radius 2 is 1.83 bits per heavy atom. The molecule has 30 heavy (non-hydrogen) atoms. The smallest absolute Gasteiger partial charge is 0.408 e. The van der Waals surface area contributed by atoms with Crippen molar-refractivity contribution in [3.05, 3.63) is 34.8 Å². The third-order valence-electron chi connectivity index (χ3n) is 6.23. The van der Waals surface area contributed by atoms with Crippen LogP contribution in [0.25, 0.3) is 11.1 Å². The minimum Gasteiger partial charge on any atom is -0.408 e. The van der Waals surface area contributed by atoms with E-state index in [2.05, 4.69) is 4.90 Å². The number of fused-ring (bicyclic) bond motifs is 2. The summed E-state index contributed by atoms with van der Waals surface area (Å²) < 4.78 is 11.6. The van der Waals surface area contributed by atoms with Crippen LogP contribution < -0.4 is 5.76 Å². The summed E-state index contributed by atoms with van der Waals surface area (Å²) in [5.74, 6) is -0.448. The highest BCUT2D eigenvalue weighted by Gasteiger charge is 2.54. The van der Waals surface area contributed by atoms with Gasteiger partial charge in [0.25, 0.3) is 0 Å². The van der Waals surface area contributed by atoms with Crippen molar-refractivity contribution in [1.29, 1.82) is 0 Å². The highest BCUT2D eigenvalue weighted by atomic mass is 16.5. The summed E-state index contributed by atoms with van der Waals surface area (Å²) in [5.41, 5.74) is 0.922. The van der Waals surface area contributed by atoms with E-state index in [1.807, 2.05) is 30.0 Å². The zero-order valence-corrected chi connectivity index (χ0v) is 17.7. The summed E-state index contributed by atoms with van der Waals surface area (Å²) in [6.07, 6.45) is 0. The first-order valence-corrected chi connectivity index (χ1v) is 10.1. The summed E-state index contributed by atoms with van der Waals surface area (Å²) in [6, 6.07) is 7.10. The fourth-order valence-corrected chi connectivity index (χ4v) is 5.03. The van der Waals surface area contributed by atoms with Crippen LogP contribution in [0.1, 0.15) is 0 Å². The Labute approximate surface area is 174 Å². The number of nitrogens with zero attached hydrogens (tertiary/aromatic N) is 4. The third-order valence-corrected chi connectivity index (χ3v) is 6.23. The van der Waals surface area contributed by atoms with E-state index < -0.39 is 5.76 Å². The number of amides is 2. The third kappa shape index (κ3) is 3.63. The number of methoxy groups -OCH3 is 1. The molecular weight excluding hydrogens is 388 g/mol. The quantitative estimate of drug-likeness (QED) is 0.663. The van der Waals surface area contributed by atoms with Crippen molar-refractivity contribution in [3.63, 3.8) is 0 Å². The maximum absolute atomic E-state index is 13.1. The zero-order valence-electron chi connectivity index (χ0n) is 17.7. The normalized spacial score (nSPS) is 23.5. The molecule has 1 aromatic carbocycles. The molecule has 162 valence electrons. The second-order valence-corrected chi connectivity index (χ2v) is 8.70. The van der Waals surface area contributed by atoms with Gasteiger partial charge in [0.15, 0.2) is 5.58 Å². The van der Waals surface area contributed by atoms with E-state index in [1.54, 1.807) is 18.2 Å². The first-order valence-electron chi connectivity index (χ1n) is 10.1. The second-order valence-electron chi connectivity index (χ2n) is 8.70. The van der Waals surface area contributed by atoms with E-state index in [0.29, 0.717) is 37.3 Å². The molecule has 9 nitrogen and oxygen atoms in total. The minimum atomic E-state index is -0.525. The molecule has 2 saturated heterocycles. The number of hydrogen-bond acceptors (Lipinski definition) is 6. The zero-order chi connectivity index (χ0) is 21.5. The maximum Gasteiger partial charge on any atom is 0.420 e. The number of benzene rings is 1. The maximum atomic E-state index is 13.1. The number of rotatable bonds is 6. The van der Waals surface area contributed by atoms with Gasteiger partial charge in [-0.1, -0.05) is 12.1 Å². The Bertz CT molecular complexity index is 1010. The molecule has 2 atom stereocenters. The van der Waals surface area contributed by atoms with Crippen LogP contribution in [-0.2, 0) is 20.9 Å². The number of hydrogen-bond donors (Lipinski definition) is 0. The molecule has 0 aliphatic carbocycles. The lowest BCUT2D eigenvalue weighted by molar-refractivity contribution is -0.135. The molecule has 1 aromatic heterocycles. The van der Waals surface area contributed by atoms with Crippen molar-refractivity contribution in [3.8, 4) is 0 Å². The van der Waals surface area contributed by atoms with Gasteiger partial charge in [0.2, 0.25) is 11.8 Å².